The number of benzene rings is 1. The van der Waals surface area contributed by atoms with Gasteiger partial charge in [-0.1, -0.05) is 45.9 Å². The Morgan fingerprint density at radius 3 is 1.58 bits per heavy atom. The third-order valence-electron chi connectivity index (χ3n) is 0.879. The van der Waals surface area contributed by atoms with E-state index in [4.69, 9.17) is 4.52 Å². The zero-order valence-corrected chi connectivity index (χ0v) is 9.53. The molecule has 0 radical (unpaired) electrons. The van der Waals surface area contributed by atoms with Crippen LogP contribution in [0.2, 0.25) is 0 Å². The Labute approximate surface area is 78.4 Å². The van der Waals surface area contributed by atoms with Crippen molar-refractivity contribution in [3.05, 3.63) is 30.3 Å². The van der Waals surface area contributed by atoms with Crippen molar-refractivity contribution < 1.29 is 4.52 Å². The van der Waals surface area contributed by atoms with Crippen molar-refractivity contribution in [1.82, 2.24) is 0 Å². The van der Waals surface area contributed by atoms with Gasteiger partial charge in [-0.3, -0.25) is 0 Å². The van der Waals surface area contributed by atoms with Gasteiger partial charge in [0, 0.05) is 0 Å². The van der Waals surface area contributed by atoms with Crippen molar-refractivity contribution in [1.29, 1.82) is 0 Å². The first-order valence-electron chi connectivity index (χ1n) is 4.35. The molecule has 0 saturated carbocycles. The fraction of sp³-hybridized carbons (Fsp3) is 0.400. The van der Waals surface area contributed by atoms with E-state index in [2.05, 4.69) is 9.47 Å². The first kappa shape index (κ1) is 14.0. The van der Waals surface area contributed by atoms with Crippen LogP contribution in [0.1, 0.15) is 27.7 Å². The predicted molar refractivity (Wildman–Crippen MR) is 59.5 cm³/mol. The first-order chi connectivity index (χ1) is 5.93. The molecule has 1 nitrogen and oxygen atoms in total. The molecule has 0 heterocycles. The highest BCUT2D eigenvalue weighted by Gasteiger charge is 1.80. The van der Waals surface area contributed by atoms with E-state index < -0.39 is 0 Å². The average Bonchev–Trinajstić information content (AvgIpc) is 2.25. The molecule has 0 fully saturated rings. The van der Waals surface area contributed by atoms with Crippen molar-refractivity contribution in [3.8, 4) is 5.75 Å². The molecule has 1 aromatic rings. The summed E-state index contributed by atoms with van der Waals surface area (Å²) in [6.45, 7) is 8.00. The minimum atomic E-state index is 0.873. The van der Waals surface area contributed by atoms with Crippen LogP contribution in [0.15, 0.2) is 30.3 Å². The number of para-hydroxylation sites is 1. The molecule has 12 heavy (non-hydrogen) atoms. The smallest absolute Gasteiger partial charge is 0.122 e. The van der Waals surface area contributed by atoms with Gasteiger partial charge in [0.1, 0.15) is 5.75 Å². The molecule has 0 aromatic heterocycles. The van der Waals surface area contributed by atoms with Gasteiger partial charge in [0.15, 0.2) is 0 Å². The fourth-order valence-electron chi connectivity index (χ4n) is 0.499. The van der Waals surface area contributed by atoms with E-state index in [1.807, 2.05) is 58.0 Å². The maximum Gasteiger partial charge on any atom is 0.122 e. The van der Waals surface area contributed by atoms with E-state index in [0.717, 1.165) is 5.75 Å². The Hall–Kier alpha value is -0.550. The van der Waals surface area contributed by atoms with Crippen LogP contribution < -0.4 is 4.52 Å². The zero-order valence-electron chi connectivity index (χ0n) is 8.37. The molecule has 1 aromatic carbocycles. The summed E-state index contributed by atoms with van der Waals surface area (Å²) in [5.74, 6) is 0.873. The number of hydrogen-bond acceptors (Lipinski definition) is 1. The van der Waals surface area contributed by atoms with Crippen LogP contribution in [0.3, 0.4) is 0 Å². The van der Waals surface area contributed by atoms with Gasteiger partial charge in [-0.2, -0.15) is 0 Å². The summed E-state index contributed by atoms with van der Waals surface area (Å²) < 4.78 is 4.83. The minimum Gasteiger partial charge on any atom is -0.480 e. The first-order valence-corrected chi connectivity index (χ1v) is 4.82. The van der Waals surface area contributed by atoms with Crippen LogP contribution >= 0.6 is 9.47 Å². The van der Waals surface area contributed by atoms with E-state index in [-0.39, 0.29) is 0 Å². The molecule has 2 heteroatoms. The predicted octanol–water partition coefficient (Wildman–Crippen LogP) is 3.91. The van der Waals surface area contributed by atoms with Gasteiger partial charge in [-0.25, -0.2) is 0 Å². The molecule has 0 aliphatic rings. The Kier molecular flexibility index (Phi) is 15.2. The van der Waals surface area contributed by atoms with E-state index in [9.17, 15) is 0 Å². The minimum absolute atomic E-state index is 0.873. The highest BCUT2D eigenvalue weighted by atomic mass is 31.0. The lowest BCUT2D eigenvalue weighted by atomic mass is 10.3. The van der Waals surface area contributed by atoms with Crippen LogP contribution in [0.5, 0.6) is 5.75 Å². The van der Waals surface area contributed by atoms with E-state index >= 15 is 0 Å². The largest absolute Gasteiger partial charge is 0.480 e. The summed E-state index contributed by atoms with van der Waals surface area (Å²) in [6, 6.07) is 9.60. The molecular weight excluding hydrogens is 167 g/mol. The van der Waals surface area contributed by atoms with Gasteiger partial charge in [-0.15, -0.1) is 0 Å². The Bertz CT molecular complexity index is 151. The third-order valence-corrected chi connectivity index (χ3v) is 1.15. The second kappa shape index (κ2) is 13.1. The van der Waals surface area contributed by atoms with Gasteiger partial charge in [-0.05, 0) is 12.1 Å². The SMILES string of the molecule is CC.CC.POc1ccccc1. The normalized spacial score (nSPS) is 6.75. The second-order valence-corrected chi connectivity index (χ2v) is 1.67. The monoisotopic (exact) mass is 186 g/mol. The lowest BCUT2D eigenvalue weighted by molar-refractivity contribution is 0.646. The summed E-state index contributed by atoms with van der Waals surface area (Å²) >= 11 is 0. The van der Waals surface area contributed by atoms with Crippen molar-refractivity contribution >= 4 is 9.47 Å². The van der Waals surface area contributed by atoms with Crippen LogP contribution in [0.25, 0.3) is 0 Å². The fourth-order valence-corrected chi connectivity index (χ4v) is 0.656. The van der Waals surface area contributed by atoms with Gasteiger partial charge >= 0.3 is 0 Å². The maximum atomic E-state index is 4.83. The highest BCUT2D eigenvalue weighted by Crippen LogP contribution is 2.09. The van der Waals surface area contributed by atoms with Crippen molar-refractivity contribution in [2.75, 3.05) is 0 Å². The third kappa shape index (κ3) is 7.56. The molecular formula is C10H19OP. The standard InChI is InChI=1S/C6H7OP.2C2H6/c8-7-6-4-2-1-3-5-6;2*1-2/h1-5H,8H2;2*1-2H3. The summed E-state index contributed by atoms with van der Waals surface area (Å²) in [5, 5.41) is 0. The van der Waals surface area contributed by atoms with Crippen LogP contribution in [-0.2, 0) is 0 Å². The summed E-state index contributed by atoms with van der Waals surface area (Å²) in [5.41, 5.74) is 0. The summed E-state index contributed by atoms with van der Waals surface area (Å²) in [7, 11) is 2.19. The van der Waals surface area contributed by atoms with Gasteiger partial charge in [0.2, 0.25) is 0 Å². The van der Waals surface area contributed by atoms with Crippen LogP contribution in [0, 0.1) is 0 Å². The Morgan fingerprint density at radius 1 is 0.917 bits per heavy atom. The molecule has 0 aliphatic carbocycles. The van der Waals surface area contributed by atoms with Crippen molar-refractivity contribution in [3.63, 3.8) is 0 Å². The topological polar surface area (TPSA) is 9.23 Å². The van der Waals surface area contributed by atoms with Crippen LogP contribution in [-0.4, -0.2) is 0 Å². The van der Waals surface area contributed by atoms with Crippen LogP contribution in [0.4, 0.5) is 0 Å². The maximum absolute atomic E-state index is 4.83. The molecule has 0 spiro atoms. The molecule has 0 amide bonds. The zero-order chi connectivity index (χ0) is 9.82. The van der Waals surface area contributed by atoms with E-state index in [1.165, 1.54) is 0 Å². The Balaban J connectivity index is 0. The van der Waals surface area contributed by atoms with Gasteiger partial charge < -0.3 is 4.52 Å². The molecule has 1 unspecified atom stereocenters. The quantitative estimate of drug-likeness (QED) is 0.604. The Morgan fingerprint density at radius 2 is 1.33 bits per heavy atom. The molecule has 0 N–H and O–H groups in total. The lowest BCUT2D eigenvalue weighted by Gasteiger charge is -1.93. The van der Waals surface area contributed by atoms with Crippen molar-refractivity contribution in [2.45, 2.75) is 27.7 Å². The molecule has 0 bridgehead atoms. The lowest BCUT2D eigenvalue weighted by Crippen LogP contribution is -1.68. The molecule has 1 atom stereocenters. The molecule has 1 rings (SSSR count). The summed E-state index contributed by atoms with van der Waals surface area (Å²) in [6.07, 6.45) is 0. The van der Waals surface area contributed by atoms with E-state index in [1.54, 1.807) is 0 Å². The molecule has 70 valence electrons. The number of rotatable bonds is 1. The number of hydrogen-bond donors (Lipinski definition) is 0. The second-order valence-electron chi connectivity index (χ2n) is 1.43. The van der Waals surface area contributed by atoms with Gasteiger partial charge in [0.25, 0.3) is 0 Å². The van der Waals surface area contributed by atoms with E-state index in [0.29, 0.717) is 0 Å². The molecule has 0 saturated heterocycles. The van der Waals surface area contributed by atoms with Gasteiger partial charge in [0.05, 0.1) is 9.47 Å². The molecule has 0 aliphatic heterocycles. The highest BCUT2D eigenvalue weighted by molar-refractivity contribution is 7.10. The average molecular weight is 186 g/mol. The van der Waals surface area contributed by atoms with Crippen molar-refractivity contribution in [2.24, 2.45) is 0 Å². The summed E-state index contributed by atoms with van der Waals surface area (Å²) in [4.78, 5) is 0.